The third kappa shape index (κ3) is 3.86. The Balaban J connectivity index is 1.95. The Hall–Kier alpha value is -3.14. The minimum absolute atomic E-state index is 0.302. The number of halogens is 1. The maximum atomic E-state index is 13.1. The lowest BCUT2D eigenvalue weighted by atomic mass is 10.3. The molecule has 0 fully saturated rings. The number of aryl methyl sites for hydroxylation is 1. The number of terminal acetylenes is 1. The molecule has 0 aliphatic rings. The summed E-state index contributed by atoms with van der Waals surface area (Å²) >= 11 is 0. The second kappa shape index (κ2) is 7.62. The van der Waals surface area contributed by atoms with Crippen LogP contribution in [0.1, 0.15) is 19.8 Å². The van der Waals surface area contributed by atoms with E-state index in [9.17, 15) is 4.39 Å². The first-order chi connectivity index (χ1) is 12.2. The zero-order valence-corrected chi connectivity index (χ0v) is 13.9. The number of rotatable bonds is 7. The summed E-state index contributed by atoms with van der Waals surface area (Å²) in [6.45, 7) is 3.05. The van der Waals surface area contributed by atoms with Crippen molar-refractivity contribution in [1.82, 2.24) is 19.5 Å². The van der Waals surface area contributed by atoms with Crippen molar-refractivity contribution in [2.75, 3.05) is 11.9 Å². The average Bonchev–Trinajstić information content (AvgIpc) is 3.01. The van der Waals surface area contributed by atoms with Gasteiger partial charge in [-0.05, 0) is 37.6 Å². The molecule has 0 spiro atoms. The maximum Gasteiger partial charge on any atom is 0.247 e. The van der Waals surface area contributed by atoms with Gasteiger partial charge in [-0.3, -0.25) is 0 Å². The lowest BCUT2D eigenvalue weighted by Crippen LogP contribution is -2.04. The molecule has 0 amide bonds. The molecule has 6 nitrogen and oxygen atoms in total. The summed E-state index contributed by atoms with van der Waals surface area (Å²) in [5.41, 5.74) is 1.95. The number of unbranched alkanes of at least 4 members (excludes halogenated alkanes) is 1. The van der Waals surface area contributed by atoms with Crippen LogP contribution in [0.25, 0.3) is 11.2 Å². The fraction of sp³-hybridized carbons (Fsp3) is 0.278. The van der Waals surface area contributed by atoms with Gasteiger partial charge in [0.05, 0.1) is 12.9 Å². The molecule has 1 N–H and O–H groups in total. The molecule has 0 aliphatic heterocycles. The molecular formula is C18H18FN5O. The monoisotopic (exact) mass is 339 g/mol. The summed E-state index contributed by atoms with van der Waals surface area (Å²) < 4.78 is 20.6. The zero-order valence-electron chi connectivity index (χ0n) is 13.9. The van der Waals surface area contributed by atoms with Gasteiger partial charge in [0, 0.05) is 18.7 Å². The van der Waals surface area contributed by atoms with Crippen LogP contribution in [-0.4, -0.2) is 26.1 Å². The second-order valence-corrected chi connectivity index (χ2v) is 5.34. The Labute approximate surface area is 145 Å². The molecule has 0 saturated heterocycles. The van der Waals surface area contributed by atoms with Crippen LogP contribution in [0.4, 0.5) is 16.0 Å². The van der Waals surface area contributed by atoms with E-state index in [-0.39, 0.29) is 5.82 Å². The minimum Gasteiger partial charge on any atom is -0.476 e. The summed E-state index contributed by atoms with van der Waals surface area (Å²) in [4.78, 5) is 13.3. The molecule has 3 rings (SSSR count). The molecule has 3 aromatic rings. The van der Waals surface area contributed by atoms with E-state index in [0.717, 1.165) is 6.42 Å². The number of hydrogen-bond acceptors (Lipinski definition) is 5. The normalized spacial score (nSPS) is 10.6. The van der Waals surface area contributed by atoms with Gasteiger partial charge in [-0.15, -0.1) is 12.3 Å². The number of aromatic nitrogens is 4. The fourth-order valence-corrected chi connectivity index (χ4v) is 2.39. The van der Waals surface area contributed by atoms with E-state index in [1.165, 1.54) is 12.1 Å². The lowest BCUT2D eigenvalue weighted by molar-refractivity contribution is 0.330. The van der Waals surface area contributed by atoms with Gasteiger partial charge in [0.15, 0.2) is 11.2 Å². The van der Waals surface area contributed by atoms with Crippen LogP contribution in [0, 0.1) is 18.2 Å². The van der Waals surface area contributed by atoms with Gasteiger partial charge in [-0.2, -0.15) is 9.97 Å². The third-order valence-electron chi connectivity index (χ3n) is 3.53. The first kappa shape index (κ1) is 16.7. The highest BCUT2D eigenvalue weighted by Gasteiger charge is 2.14. The summed E-state index contributed by atoms with van der Waals surface area (Å²) in [7, 11) is 0. The van der Waals surface area contributed by atoms with Gasteiger partial charge in [0.25, 0.3) is 0 Å². The summed E-state index contributed by atoms with van der Waals surface area (Å²) in [6.07, 6.45) is 8.53. The molecule has 0 atom stereocenters. The number of benzene rings is 1. The Bertz CT molecular complexity index is 898. The second-order valence-electron chi connectivity index (χ2n) is 5.34. The van der Waals surface area contributed by atoms with Crippen molar-refractivity contribution in [3.8, 4) is 18.2 Å². The number of anilines is 2. The van der Waals surface area contributed by atoms with Crippen LogP contribution >= 0.6 is 0 Å². The van der Waals surface area contributed by atoms with Crippen molar-refractivity contribution in [3.05, 3.63) is 36.4 Å². The van der Waals surface area contributed by atoms with Crippen molar-refractivity contribution in [3.63, 3.8) is 0 Å². The van der Waals surface area contributed by atoms with Crippen molar-refractivity contribution < 1.29 is 9.13 Å². The van der Waals surface area contributed by atoms with Gasteiger partial charge in [0.1, 0.15) is 5.82 Å². The van der Waals surface area contributed by atoms with Crippen LogP contribution in [0.5, 0.6) is 5.88 Å². The van der Waals surface area contributed by atoms with Crippen LogP contribution in [0.15, 0.2) is 30.6 Å². The van der Waals surface area contributed by atoms with E-state index < -0.39 is 0 Å². The van der Waals surface area contributed by atoms with Gasteiger partial charge in [-0.1, -0.05) is 0 Å². The summed E-state index contributed by atoms with van der Waals surface area (Å²) in [5.74, 6) is 3.09. The maximum absolute atomic E-state index is 13.1. The molecule has 25 heavy (non-hydrogen) atoms. The van der Waals surface area contributed by atoms with Crippen LogP contribution < -0.4 is 10.1 Å². The van der Waals surface area contributed by atoms with Crippen LogP contribution in [0.2, 0.25) is 0 Å². The number of ether oxygens (including phenoxy) is 1. The summed E-state index contributed by atoms with van der Waals surface area (Å²) in [6, 6.07) is 5.98. The number of nitrogens with one attached hydrogen (secondary N) is 1. The van der Waals surface area contributed by atoms with Gasteiger partial charge in [-0.25, -0.2) is 9.37 Å². The largest absolute Gasteiger partial charge is 0.476 e. The number of fused-ring (bicyclic) bond motifs is 1. The third-order valence-corrected chi connectivity index (χ3v) is 3.53. The molecule has 128 valence electrons. The van der Waals surface area contributed by atoms with Gasteiger partial charge >= 0.3 is 0 Å². The Morgan fingerprint density at radius 3 is 2.80 bits per heavy atom. The van der Waals surface area contributed by atoms with E-state index in [0.29, 0.717) is 48.3 Å². The van der Waals surface area contributed by atoms with E-state index in [2.05, 4.69) is 26.2 Å². The van der Waals surface area contributed by atoms with E-state index in [4.69, 9.17) is 11.2 Å². The first-order valence-electron chi connectivity index (χ1n) is 8.03. The molecule has 0 unspecified atom stereocenters. The predicted octanol–water partition coefficient (Wildman–Crippen LogP) is 3.52. The first-order valence-corrected chi connectivity index (χ1v) is 8.03. The molecule has 0 radical (unpaired) electrons. The number of hydrogen-bond donors (Lipinski definition) is 1. The number of nitrogens with zero attached hydrogens (tertiary/aromatic N) is 4. The highest BCUT2D eigenvalue weighted by atomic mass is 19.1. The Kier molecular flexibility index (Phi) is 5.09. The van der Waals surface area contributed by atoms with E-state index in [1.807, 2.05) is 11.5 Å². The van der Waals surface area contributed by atoms with Crippen molar-refractivity contribution >= 4 is 22.8 Å². The molecule has 7 heteroatoms. The SMILES string of the molecule is C#CCCCn1cnc2c(OCC)nc(Nc3ccc(F)cc3)nc21. The van der Waals surface area contributed by atoms with Crippen LogP contribution in [0.3, 0.4) is 0 Å². The lowest BCUT2D eigenvalue weighted by Gasteiger charge is -2.09. The average molecular weight is 339 g/mol. The molecule has 0 bridgehead atoms. The van der Waals surface area contributed by atoms with E-state index in [1.54, 1.807) is 18.5 Å². The van der Waals surface area contributed by atoms with Crippen LogP contribution in [-0.2, 0) is 6.54 Å². The molecular weight excluding hydrogens is 321 g/mol. The molecule has 2 aromatic heterocycles. The molecule has 1 aromatic carbocycles. The van der Waals surface area contributed by atoms with Crippen molar-refractivity contribution in [1.29, 1.82) is 0 Å². The minimum atomic E-state index is -0.302. The van der Waals surface area contributed by atoms with Crippen molar-refractivity contribution in [2.45, 2.75) is 26.3 Å². The van der Waals surface area contributed by atoms with E-state index >= 15 is 0 Å². The van der Waals surface area contributed by atoms with Gasteiger partial charge < -0.3 is 14.6 Å². The molecule has 2 heterocycles. The highest BCUT2D eigenvalue weighted by Crippen LogP contribution is 2.25. The van der Waals surface area contributed by atoms with Crippen molar-refractivity contribution in [2.24, 2.45) is 0 Å². The van der Waals surface area contributed by atoms with Gasteiger partial charge in [0.2, 0.25) is 11.8 Å². The number of imidazole rings is 1. The topological polar surface area (TPSA) is 64.9 Å². The smallest absolute Gasteiger partial charge is 0.247 e. The Morgan fingerprint density at radius 1 is 1.28 bits per heavy atom. The Morgan fingerprint density at radius 2 is 2.08 bits per heavy atom. The highest BCUT2D eigenvalue weighted by molar-refractivity contribution is 5.78. The predicted molar refractivity (Wildman–Crippen MR) is 94.2 cm³/mol. The summed E-state index contributed by atoms with van der Waals surface area (Å²) in [5, 5.41) is 3.06. The zero-order chi connectivity index (χ0) is 17.6. The quantitative estimate of drug-likeness (QED) is 0.527. The molecule has 0 aliphatic carbocycles. The fourth-order valence-electron chi connectivity index (χ4n) is 2.39. The molecule has 0 saturated carbocycles. The standard InChI is InChI=1S/C18H18FN5O/c1-3-5-6-11-24-12-20-15-16(24)22-18(23-17(15)25-4-2)21-14-9-7-13(19)8-10-14/h1,7-10,12H,4-6,11H2,2H3,(H,21,22,23).